The van der Waals surface area contributed by atoms with Crippen molar-refractivity contribution in [3.8, 4) is 11.8 Å². The van der Waals surface area contributed by atoms with Crippen LogP contribution in [0.2, 0.25) is 0 Å². The highest BCUT2D eigenvalue weighted by molar-refractivity contribution is 7.99. The summed E-state index contributed by atoms with van der Waals surface area (Å²) in [6.07, 6.45) is 0. The van der Waals surface area contributed by atoms with Gasteiger partial charge in [-0.2, -0.15) is 5.26 Å². The second-order valence-electron chi connectivity index (χ2n) is 3.15. The Morgan fingerprint density at radius 1 is 1.12 bits per heavy atom. The molecule has 0 fully saturated rings. The zero-order chi connectivity index (χ0) is 12.1. The molecule has 2 rings (SSSR count). The second-order valence-corrected chi connectivity index (χ2v) is 4.24. The van der Waals surface area contributed by atoms with E-state index in [4.69, 9.17) is 10.00 Å². The van der Waals surface area contributed by atoms with Gasteiger partial charge < -0.3 is 4.74 Å². The predicted molar refractivity (Wildman–Crippen MR) is 63.9 cm³/mol. The van der Waals surface area contributed by atoms with E-state index in [2.05, 4.69) is 10.2 Å². The standard InChI is InChI=1S/C12H9N3OS/c1-16-10-3-5-11(6-4-10)17-12-7-2-9(8-13)14-15-12/h2-7H,1H3. The van der Waals surface area contributed by atoms with Gasteiger partial charge in [-0.15, -0.1) is 10.2 Å². The Hall–Kier alpha value is -2.06. The molecule has 0 radical (unpaired) electrons. The first kappa shape index (κ1) is 11.4. The normalized spacial score (nSPS) is 9.65. The van der Waals surface area contributed by atoms with Gasteiger partial charge in [-0.1, -0.05) is 11.8 Å². The lowest BCUT2D eigenvalue weighted by molar-refractivity contribution is 0.414. The molecule has 0 unspecified atom stereocenters. The smallest absolute Gasteiger partial charge is 0.163 e. The van der Waals surface area contributed by atoms with Crippen LogP contribution in [0.15, 0.2) is 46.3 Å². The van der Waals surface area contributed by atoms with Crippen LogP contribution in [0.4, 0.5) is 0 Å². The summed E-state index contributed by atoms with van der Waals surface area (Å²) >= 11 is 1.49. The van der Waals surface area contributed by atoms with E-state index in [1.165, 1.54) is 11.8 Å². The summed E-state index contributed by atoms with van der Waals surface area (Å²) in [6.45, 7) is 0. The minimum atomic E-state index is 0.323. The molecule has 2 aromatic rings. The molecule has 0 aliphatic rings. The summed E-state index contributed by atoms with van der Waals surface area (Å²) < 4.78 is 5.08. The Kier molecular flexibility index (Phi) is 3.58. The molecule has 0 saturated heterocycles. The van der Waals surface area contributed by atoms with E-state index in [9.17, 15) is 0 Å². The lowest BCUT2D eigenvalue weighted by Gasteiger charge is -2.02. The minimum absolute atomic E-state index is 0.323. The summed E-state index contributed by atoms with van der Waals surface area (Å²) in [6, 6.07) is 13.0. The predicted octanol–water partition coefficient (Wildman–Crippen LogP) is 2.51. The van der Waals surface area contributed by atoms with E-state index >= 15 is 0 Å². The molecule has 0 spiro atoms. The molecule has 0 bridgehead atoms. The highest BCUT2D eigenvalue weighted by atomic mass is 32.2. The summed E-state index contributed by atoms with van der Waals surface area (Å²) in [5.41, 5.74) is 0.323. The topological polar surface area (TPSA) is 58.8 Å². The molecule has 0 aliphatic heterocycles. The highest BCUT2D eigenvalue weighted by Crippen LogP contribution is 2.26. The fourth-order valence-corrected chi connectivity index (χ4v) is 1.93. The first-order valence-electron chi connectivity index (χ1n) is 4.87. The summed E-state index contributed by atoms with van der Waals surface area (Å²) in [4.78, 5) is 1.05. The van der Waals surface area contributed by atoms with Gasteiger partial charge in [0.15, 0.2) is 5.69 Å². The Labute approximate surface area is 103 Å². The molecule has 1 aromatic carbocycles. The Morgan fingerprint density at radius 2 is 1.88 bits per heavy atom. The van der Waals surface area contributed by atoms with Crippen LogP contribution in [0.5, 0.6) is 5.75 Å². The number of hydrogen-bond donors (Lipinski definition) is 0. The fraction of sp³-hybridized carbons (Fsp3) is 0.0833. The molecule has 0 N–H and O–H groups in total. The molecule has 17 heavy (non-hydrogen) atoms. The number of rotatable bonds is 3. The van der Waals surface area contributed by atoms with Crippen molar-refractivity contribution >= 4 is 11.8 Å². The van der Waals surface area contributed by atoms with E-state index in [1.807, 2.05) is 30.3 Å². The van der Waals surface area contributed by atoms with Crippen LogP contribution < -0.4 is 4.74 Å². The maximum Gasteiger partial charge on any atom is 0.163 e. The lowest BCUT2D eigenvalue weighted by Crippen LogP contribution is -1.88. The number of nitrogens with zero attached hydrogens (tertiary/aromatic N) is 3. The van der Waals surface area contributed by atoms with Gasteiger partial charge in [0.1, 0.15) is 16.8 Å². The maximum atomic E-state index is 8.60. The van der Waals surface area contributed by atoms with Crippen molar-refractivity contribution in [3.05, 3.63) is 42.1 Å². The van der Waals surface area contributed by atoms with Crippen molar-refractivity contribution in [2.24, 2.45) is 0 Å². The van der Waals surface area contributed by atoms with Crippen molar-refractivity contribution in [2.45, 2.75) is 9.92 Å². The minimum Gasteiger partial charge on any atom is -0.497 e. The summed E-state index contributed by atoms with van der Waals surface area (Å²) in [7, 11) is 1.63. The van der Waals surface area contributed by atoms with Crippen molar-refractivity contribution < 1.29 is 4.74 Å². The largest absolute Gasteiger partial charge is 0.497 e. The van der Waals surface area contributed by atoms with Crippen LogP contribution in [0.3, 0.4) is 0 Å². The van der Waals surface area contributed by atoms with Gasteiger partial charge in [0.2, 0.25) is 0 Å². The molecule has 0 amide bonds. The van der Waals surface area contributed by atoms with Crippen LogP contribution in [-0.4, -0.2) is 17.3 Å². The van der Waals surface area contributed by atoms with Crippen LogP contribution >= 0.6 is 11.8 Å². The molecular formula is C12H9N3OS. The van der Waals surface area contributed by atoms with Crippen LogP contribution in [0.1, 0.15) is 5.69 Å². The van der Waals surface area contributed by atoms with Gasteiger partial charge in [0, 0.05) is 4.90 Å². The van der Waals surface area contributed by atoms with Crippen molar-refractivity contribution in [1.82, 2.24) is 10.2 Å². The average molecular weight is 243 g/mol. The quantitative estimate of drug-likeness (QED) is 0.829. The molecule has 0 atom stereocenters. The van der Waals surface area contributed by atoms with Gasteiger partial charge in [-0.25, -0.2) is 0 Å². The SMILES string of the molecule is COc1ccc(Sc2ccc(C#N)nn2)cc1. The third kappa shape index (κ3) is 2.95. The number of benzene rings is 1. The van der Waals surface area contributed by atoms with E-state index in [0.717, 1.165) is 15.7 Å². The Morgan fingerprint density at radius 3 is 2.41 bits per heavy atom. The lowest BCUT2D eigenvalue weighted by atomic mass is 10.3. The van der Waals surface area contributed by atoms with Gasteiger partial charge >= 0.3 is 0 Å². The number of ether oxygens (including phenoxy) is 1. The van der Waals surface area contributed by atoms with Gasteiger partial charge in [-0.05, 0) is 36.4 Å². The maximum absolute atomic E-state index is 8.60. The summed E-state index contributed by atoms with van der Waals surface area (Å²) in [5, 5.41) is 17.1. The van der Waals surface area contributed by atoms with Crippen LogP contribution in [0.25, 0.3) is 0 Å². The molecule has 0 saturated carbocycles. The van der Waals surface area contributed by atoms with Crippen molar-refractivity contribution in [3.63, 3.8) is 0 Å². The van der Waals surface area contributed by atoms with Crippen molar-refractivity contribution in [2.75, 3.05) is 7.11 Å². The second kappa shape index (κ2) is 5.32. The molecule has 84 valence electrons. The third-order valence-electron chi connectivity index (χ3n) is 2.04. The van der Waals surface area contributed by atoms with Gasteiger partial charge in [0.25, 0.3) is 0 Å². The number of aromatic nitrogens is 2. The zero-order valence-corrected chi connectivity index (χ0v) is 9.94. The molecule has 1 heterocycles. The van der Waals surface area contributed by atoms with E-state index in [1.54, 1.807) is 19.2 Å². The van der Waals surface area contributed by atoms with Gasteiger partial charge in [0.05, 0.1) is 7.11 Å². The first-order chi connectivity index (χ1) is 8.31. The molecule has 4 nitrogen and oxygen atoms in total. The summed E-state index contributed by atoms with van der Waals surface area (Å²) in [5.74, 6) is 0.820. The van der Waals surface area contributed by atoms with E-state index < -0.39 is 0 Å². The fourth-order valence-electron chi connectivity index (χ4n) is 1.20. The Balaban J connectivity index is 2.11. The average Bonchev–Trinajstić information content (AvgIpc) is 2.40. The zero-order valence-electron chi connectivity index (χ0n) is 9.12. The number of nitriles is 1. The molecule has 1 aromatic heterocycles. The Bertz CT molecular complexity index is 531. The number of methoxy groups -OCH3 is 1. The van der Waals surface area contributed by atoms with E-state index in [-0.39, 0.29) is 0 Å². The molecule has 5 heteroatoms. The first-order valence-corrected chi connectivity index (χ1v) is 5.69. The highest BCUT2D eigenvalue weighted by Gasteiger charge is 2.00. The third-order valence-corrected chi connectivity index (χ3v) is 2.97. The monoisotopic (exact) mass is 243 g/mol. The molecular weight excluding hydrogens is 234 g/mol. The number of hydrogen-bond acceptors (Lipinski definition) is 5. The van der Waals surface area contributed by atoms with E-state index in [0.29, 0.717) is 5.69 Å². The van der Waals surface area contributed by atoms with Crippen LogP contribution in [0, 0.1) is 11.3 Å². The van der Waals surface area contributed by atoms with Crippen LogP contribution in [-0.2, 0) is 0 Å². The van der Waals surface area contributed by atoms with Gasteiger partial charge in [-0.3, -0.25) is 0 Å². The molecule has 0 aliphatic carbocycles. The van der Waals surface area contributed by atoms with Crippen molar-refractivity contribution in [1.29, 1.82) is 5.26 Å².